The molecule has 6 aliphatic heterocycles. The Bertz CT molecular complexity index is 2870. The van der Waals surface area contributed by atoms with Crippen LogP contribution in [0.5, 0.6) is 17.2 Å². The van der Waals surface area contributed by atoms with E-state index in [0.717, 1.165) is 44.9 Å². The van der Waals surface area contributed by atoms with Gasteiger partial charge in [-0.25, -0.2) is 4.79 Å². The molecule has 12 aliphatic rings. The fraction of sp³-hybridized carbons (Fsp3) is 0.733. The number of rotatable bonds is 7. The molecular weight excluding hydrogens is 1120 g/mol. The van der Waals surface area contributed by atoms with Gasteiger partial charge in [-0.1, -0.05) is 57.1 Å². The molecule has 10 fully saturated rings. The molecule has 448 valence electrons. The molecule has 8 bridgehead atoms. The number of benzene rings is 2. The summed E-state index contributed by atoms with van der Waals surface area (Å²) in [6.45, 7) is 0.529. The molecule has 23 heteroatoms. The number of methoxy groups -OCH3 is 1. The van der Waals surface area contributed by atoms with Gasteiger partial charge in [-0.15, -0.1) is 0 Å². The monoisotopic (exact) mass is 1200 g/mol. The Labute approximate surface area is 496 Å². The smallest absolute Gasteiger partial charge is 0.407 e. The third-order valence-corrected chi connectivity index (χ3v) is 22.5. The molecule has 14 rings (SSSR count). The van der Waals surface area contributed by atoms with E-state index in [1.807, 2.05) is 0 Å². The minimum Gasteiger partial charge on any atom is -0.507 e. The average molecular weight is 1200 g/mol. The van der Waals surface area contributed by atoms with Crippen molar-refractivity contribution in [2.24, 2.45) is 47.3 Å². The number of Topliss-reactive ketones (excluding diaryl/α,β-unsaturated/α-hetero) is 1. The first-order valence-electron chi connectivity index (χ1n) is 31.0. The number of carbonyl (C=O) groups excluding carboxylic acids is 3. The number of phenols is 2. The minimum atomic E-state index is -2.39. The van der Waals surface area contributed by atoms with Gasteiger partial charge in [0, 0.05) is 67.4 Å². The van der Waals surface area contributed by atoms with Crippen molar-refractivity contribution in [3.63, 3.8) is 0 Å². The summed E-state index contributed by atoms with van der Waals surface area (Å²) in [5.74, 6) is -1.60. The zero-order valence-electron chi connectivity index (χ0n) is 47.6. The molecule has 2 aromatic carbocycles. The molecule has 14 N–H and O–H groups in total. The maximum Gasteiger partial charge on any atom is 0.407 e. The van der Waals surface area contributed by atoms with Crippen LogP contribution in [0.15, 0.2) is 18.2 Å². The second kappa shape index (κ2) is 22.7. The summed E-state index contributed by atoms with van der Waals surface area (Å²) in [4.78, 5) is 57.8. The molecule has 6 saturated heterocycles. The van der Waals surface area contributed by atoms with Gasteiger partial charge in [0.15, 0.2) is 17.9 Å². The third-order valence-electron chi connectivity index (χ3n) is 22.5. The van der Waals surface area contributed by atoms with Crippen LogP contribution in [0.3, 0.4) is 0 Å². The molecule has 0 spiro atoms. The number of phenolic OH excluding ortho intramolecular Hbond substituents is 2. The number of carbonyl (C=O) groups is 4. The van der Waals surface area contributed by atoms with E-state index in [-0.39, 0.29) is 115 Å². The van der Waals surface area contributed by atoms with Crippen LogP contribution in [-0.2, 0) is 40.2 Å². The molecule has 23 atom stereocenters. The van der Waals surface area contributed by atoms with Crippen LogP contribution < -0.4 is 47.3 Å². The number of aliphatic hydroxyl groups is 3. The van der Waals surface area contributed by atoms with E-state index in [1.165, 1.54) is 75.2 Å². The van der Waals surface area contributed by atoms with E-state index in [2.05, 4.69) is 42.5 Å². The van der Waals surface area contributed by atoms with Crippen molar-refractivity contribution in [3.05, 3.63) is 51.6 Å². The van der Waals surface area contributed by atoms with Crippen LogP contribution in [-0.4, -0.2) is 158 Å². The van der Waals surface area contributed by atoms with Gasteiger partial charge in [-0.3, -0.25) is 61.8 Å². The van der Waals surface area contributed by atoms with Gasteiger partial charge in [-0.05, 0) is 106 Å². The van der Waals surface area contributed by atoms with E-state index in [1.54, 1.807) is 6.92 Å². The molecule has 22 nitrogen and oxygen atoms in total. The largest absolute Gasteiger partial charge is 0.507 e. The maximum absolute atomic E-state index is 14.4. The molecule has 1 amide bonds. The van der Waals surface area contributed by atoms with Crippen LogP contribution in [0, 0.1) is 47.3 Å². The zero-order valence-corrected chi connectivity index (χ0v) is 50.5. The number of nitrogens with zero attached hydrogens (tertiary/aromatic N) is 1. The van der Waals surface area contributed by atoms with Crippen LogP contribution in [0.2, 0.25) is 0 Å². The number of amides is 1. The first kappa shape index (κ1) is 58.3. The Morgan fingerprint density at radius 2 is 1.14 bits per heavy atom. The second-order valence-corrected chi connectivity index (χ2v) is 26.5. The Balaban J connectivity index is 0.00000645. The predicted molar refractivity (Wildman–Crippen MR) is 294 cm³/mol. The van der Waals surface area contributed by atoms with Crippen LogP contribution >= 0.6 is 0 Å². The van der Waals surface area contributed by atoms with Gasteiger partial charge in [0.1, 0.15) is 35.6 Å². The summed E-state index contributed by atoms with van der Waals surface area (Å²) in [7, 11) is 1.33. The maximum atomic E-state index is 14.4. The van der Waals surface area contributed by atoms with Gasteiger partial charge in [0.05, 0.1) is 91.4 Å². The number of nitrogens with one attached hydrogen (secondary N) is 8. The summed E-state index contributed by atoms with van der Waals surface area (Å²) >= 11 is 0. The molecule has 6 heterocycles. The molecule has 0 radical (unpaired) electrons. The van der Waals surface area contributed by atoms with Crippen molar-refractivity contribution in [3.8, 4) is 17.2 Å². The SMILES string of the molecule is COc1cccc2c1C(=O)c1c(O)c3c(c(O)c1C2=O)C[C@@](O)(C(=O)CO)C[C@@H]3OC1CC(N(C(=O)O)C2CCCC3C4NC5NC(NC6NC(NC7NC(NC(N4)C32)C2CCCCC72)C2CCCCC62)C2CCCCC52)C(O)C(C)O1.[Zn]. The quantitative estimate of drug-likeness (QED) is 0.119. The Morgan fingerprint density at radius 1 is 0.663 bits per heavy atom. The fourth-order valence-electron chi connectivity index (χ4n) is 18.8. The Kier molecular flexibility index (Phi) is 16.0. The van der Waals surface area contributed by atoms with E-state index >= 15 is 0 Å². The number of aliphatic hydroxyl groups excluding tert-OH is 2. The van der Waals surface area contributed by atoms with Crippen LogP contribution in [0.4, 0.5) is 4.79 Å². The van der Waals surface area contributed by atoms with Gasteiger partial charge in [-0.2, -0.15) is 0 Å². The van der Waals surface area contributed by atoms with Crippen molar-refractivity contribution in [2.45, 2.75) is 214 Å². The van der Waals surface area contributed by atoms with E-state index in [9.17, 15) is 49.8 Å². The summed E-state index contributed by atoms with van der Waals surface area (Å²) in [5, 5.41) is 104. The van der Waals surface area contributed by atoms with Crippen LogP contribution in [0.25, 0.3) is 0 Å². The summed E-state index contributed by atoms with van der Waals surface area (Å²) in [6, 6.07) is 2.71. The van der Waals surface area contributed by atoms with E-state index < -0.39 is 108 Å². The Morgan fingerprint density at radius 3 is 1.64 bits per heavy atom. The van der Waals surface area contributed by atoms with Gasteiger partial charge in [0.25, 0.3) is 0 Å². The second-order valence-electron chi connectivity index (χ2n) is 26.5. The summed E-state index contributed by atoms with van der Waals surface area (Å²) in [5.41, 5.74) is -4.06. The van der Waals surface area contributed by atoms with Gasteiger partial charge < -0.3 is 44.8 Å². The van der Waals surface area contributed by atoms with Gasteiger partial charge in [0.2, 0.25) is 5.78 Å². The predicted octanol–water partition coefficient (Wildman–Crippen LogP) is 2.62. The molecular formula is C60H83N9O13Zn. The number of hydrogen-bond donors (Lipinski definition) is 14. The number of fused-ring (bicyclic) bond motifs is 23. The molecule has 21 unspecified atom stereocenters. The Hall–Kier alpha value is -3.78. The first-order valence-corrected chi connectivity index (χ1v) is 31.0. The fourth-order valence-corrected chi connectivity index (χ4v) is 18.8. The molecule has 0 aromatic heterocycles. The molecule has 6 aliphatic carbocycles. The molecule has 2 aromatic rings. The number of hydrogen-bond acceptors (Lipinski definition) is 20. The van der Waals surface area contributed by atoms with Crippen molar-refractivity contribution in [2.75, 3.05) is 13.7 Å². The molecule has 4 saturated carbocycles. The standard InChI is InChI=1S/C60H83N9O13.Zn/c1-25-46(72)36(21-40(81-25)82-38-23-60(79,39(71)24-70)22-34-43(38)50(76)45-44(48(34)74)47(73)32-17-10-20-37(80-2)42(32)49(45)75)69(59(77)78)35-19-9-18-33-41(35)58-67-56-31-16-8-7-15-30(31)54(65-56)63-52-27-12-4-3-11-26(27)51(61-52)62-53-28-13-5-6-14-29(28)55(64-53)66-57(33)68-58;/h10,17,20,25-31,33,35-36,38,40-41,46,51-58,61-68,70,72,74,76,79H,3-9,11-16,18-19,21-24H2,1-2H3,(H,77,78);/t25?,26?,27?,28?,29?,30?,31?,33?,35?,36?,38-,40?,41?,46?,51?,52?,53?,54?,55?,56?,57?,58?,60-;/m0./s1. The van der Waals surface area contributed by atoms with Crippen molar-refractivity contribution >= 4 is 23.4 Å². The van der Waals surface area contributed by atoms with Crippen LogP contribution in [0.1, 0.15) is 165 Å². The molecule has 83 heavy (non-hydrogen) atoms. The van der Waals surface area contributed by atoms with Gasteiger partial charge >= 0.3 is 6.09 Å². The van der Waals surface area contributed by atoms with Crippen molar-refractivity contribution in [1.82, 2.24) is 47.4 Å². The average Bonchev–Trinajstić information content (AvgIpc) is 3.05. The summed E-state index contributed by atoms with van der Waals surface area (Å²) < 4.78 is 18.5. The first-order chi connectivity index (χ1) is 39.6. The number of ketones is 3. The number of ether oxygens (including phenoxy) is 3. The third kappa shape index (κ3) is 9.63. The number of carboxylic acid groups (broad SMARTS) is 1. The topological polar surface area (TPSA) is 317 Å². The minimum absolute atomic E-state index is 0. The zero-order chi connectivity index (χ0) is 56.6. The van der Waals surface area contributed by atoms with Crippen molar-refractivity contribution in [1.29, 1.82) is 0 Å². The van der Waals surface area contributed by atoms with E-state index in [0.29, 0.717) is 41.9 Å². The van der Waals surface area contributed by atoms with Crippen molar-refractivity contribution < 1.29 is 83.5 Å². The normalized spacial score (nSPS) is 43.2. The summed E-state index contributed by atoms with van der Waals surface area (Å²) in [6.07, 6.45) is 8.34. The number of aromatic hydroxyl groups is 2. The van der Waals surface area contributed by atoms with E-state index in [4.69, 9.17) is 14.2 Å².